The number of nitrogens with one attached hydrogen (secondary N) is 1. The monoisotopic (exact) mass is 1040 g/mol. The van der Waals surface area contributed by atoms with Gasteiger partial charge in [-0.25, -0.2) is 9.59 Å². The molecule has 5 amide bonds. The zero-order chi connectivity index (χ0) is 54.3. The lowest BCUT2D eigenvalue weighted by Gasteiger charge is -2.28. The summed E-state index contributed by atoms with van der Waals surface area (Å²) in [5.41, 5.74) is 10.00. The van der Waals surface area contributed by atoms with Crippen LogP contribution in [-0.2, 0) is 49.3 Å². The van der Waals surface area contributed by atoms with Crippen LogP contribution in [0.15, 0.2) is 102 Å². The van der Waals surface area contributed by atoms with Crippen LogP contribution < -0.4 is 24.8 Å². The van der Waals surface area contributed by atoms with E-state index in [1.54, 1.807) is 26.4 Å². The predicted octanol–water partition coefficient (Wildman–Crippen LogP) is 7.53. The summed E-state index contributed by atoms with van der Waals surface area (Å²) in [6.45, 7) is 9.49. The average molecular weight is 1040 g/mol. The zero-order valence-electron chi connectivity index (χ0n) is 44.3. The summed E-state index contributed by atoms with van der Waals surface area (Å²) in [5.74, 6) is -2.16. The molecular formula is C59H67N5O12. The number of carbonyl (C=O) groups excluding carboxylic acids is 7. The van der Waals surface area contributed by atoms with Crippen molar-refractivity contribution in [2.24, 2.45) is 0 Å². The van der Waals surface area contributed by atoms with Crippen LogP contribution in [0.1, 0.15) is 138 Å². The van der Waals surface area contributed by atoms with Crippen molar-refractivity contribution in [1.29, 1.82) is 0 Å². The minimum atomic E-state index is -0.631. The minimum absolute atomic E-state index is 0.0281. The van der Waals surface area contributed by atoms with Gasteiger partial charge >= 0.3 is 11.9 Å². The molecular weight excluding hydrogens is 971 g/mol. The van der Waals surface area contributed by atoms with Gasteiger partial charge in [0.1, 0.15) is 18.0 Å². The van der Waals surface area contributed by atoms with Gasteiger partial charge < -0.3 is 34.5 Å². The lowest BCUT2D eigenvalue weighted by molar-refractivity contribution is -0.438. The number of allylic oxidation sites excluding steroid dienone is 8. The molecule has 3 aromatic carbocycles. The summed E-state index contributed by atoms with van der Waals surface area (Å²) in [6, 6.07) is 19.6. The number of rotatable bonds is 21. The first-order valence-electron chi connectivity index (χ1n) is 26.2. The highest BCUT2D eigenvalue weighted by Gasteiger charge is 2.45. The summed E-state index contributed by atoms with van der Waals surface area (Å²) in [5, 5.41) is 15.1. The van der Waals surface area contributed by atoms with Gasteiger partial charge in [0.2, 0.25) is 5.69 Å². The molecule has 3 aromatic rings. The van der Waals surface area contributed by atoms with Crippen LogP contribution in [0.2, 0.25) is 0 Å². The number of anilines is 1. The highest BCUT2D eigenvalue weighted by Crippen LogP contribution is 2.50. The Hall–Kier alpha value is -7.66. The van der Waals surface area contributed by atoms with E-state index in [0.717, 1.165) is 87.0 Å². The molecule has 2 saturated heterocycles. The van der Waals surface area contributed by atoms with E-state index in [2.05, 4.69) is 91.1 Å². The molecule has 17 nitrogen and oxygen atoms in total. The largest absolute Gasteiger partial charge is 0.853 e. The van der Waals surface area contributed by atoms with Crippen molar-refractivity contribution in [3.63, 3.8) is 0 Å². The van der Waals surface area contributed by atoms with Crippen molar-refractivity contribution >= 4 is 64.1 Å². The molecule has 1 N–H and O–H groups in total. The number of unbranched alkanes of at least 4 members (excludes halogenated alkanes) is 2. The fourth-order valence-electron chi connectivity index (χ4n) is 10.8. The van der Waals surface area contributed by atoms with Crippen molar-refractivity contribution in [3.05, 3.63) is 124 Å². The quantitative estimate of drug-likeness (QED) is 0.0624. The van der Waals surface area contributed by atoms with E-state index in [0.29, 0.717) is 54.5 Å². The zero-order valence-corrected chi connectivity index (χ0v) is 44.3. The number of carbonyl (C=O) groups is 7. The van der Waals surface area contributed by atoms with Crippen molar-refractivity contribution in [2.75, 3.05) is 45.4 Å². The van der Waals surface area contributed by atoms with Crippen LogP contribution in [0.3, 0.4) is 0 Å². The molecule has 0 atom stereocenters. The van der Waals surface area contributed by atoms with Crippen LogP contribution in [0.5, 0.6) is 11.5 Å². The van der Waals surface area contributed by atoms with Gasteiger partial charge in [-0.2, -0.15) is 4.58 Å². The number of fused-ring (bicyclic) bond motifs is 2. The minimum Gasteiger partial charge on any atom is -0.853 e. The molecule has 0 bridgehead atoms. The molecule has 8 rings (SSSR count). The number of hydroxylamine groups is 4. The molecule has 4 heterocycles. The second kappa shape index (κ2) is 23.5. The second-order valence-corrected chi connectivity index (χ2v) is 20.6. The van der Waals surface area contributed by atoms with Gasteiger partial charge in [0, 0.05) is 98.1 Å². The van der Waals surface area contributed by atoms with Crippen molar-refractivity contribution in [2.45, 2.75) is 122 Å². The fraction of sp³-hybridized carbons (Fsp3) is 0.424. The third kappa shape index (κ3) is 11.6. The Morgan fingerprint density at radius 1 is 0.684 bits per heavy atom. The Kier molecular flexibility index (Phi) is 16.9. The van der Waals surface area contributed by atoms with E-state index in [4.69, 9.17) is 19.1 Å². The van der Waals surface area contributed by atoms with Gasteiger partial charge in [-0.05, 0) is 129 Å². The van der Waals surface area contributed by atoms with Crippen molar-refractivity contribution in [3.8, 4) is 11.5 Å². The smallest absolute Gasteiger partial charge is 0.333 e. The third-order valence-corrected chi connectivity index (χ3v) is 14.9. The molecule has 5 aliphatic rings. The second-order valence-electron chi connectivity index (χ2n) is 20.6. The van der Waals surface area contributed by atoms with Crippen molar-refractivity contribution in [1.82, 2.24) is 15.4 Å². The maximum atomic E-state index is 13.0. The maximum absolute atomic E-state index is 13.0. The first-order valence-corrected chi connectivity index (χ1v) is 26.2. The first-order chi connectivity index (χ1) is 36.5. The van der Waals surface area contributed by atoms with E-state index >= 15 is 0 Å². The summed E-state index contributed by atoms with van der Waals surface area (Å²) in [6.07, 6.45) is 13.5. The molecule has 0 aromatic heterocycles. The van der Waals surface area contributed by atoms with E-state index in [9.17, 15) is 38.7 Å². The SMILES string of the molecule is COc1ccc2c(c1)C(C)(C)C(/C=C/C1=C(c3ccc(C(=O)NCC[O-])cc3)C(=C/C=C3/N(CCCCC(=O)ON4C(=O)CCC4=O)c4ccc(OC)cc4C3(C)C)/CCC1)=[N+]2CCCCC(=O)ON1C(=O)CCC1=O. The Morgan fingerprint density at radius 2 is 1.28 bits per heavy atom. The normalized spacial score (nSPS) is 18.9. The highest BCUT2D eigenvalue weighted by molar-refractivity contribution is 6.04. The van der Waals surface area contributed by atoms with Gasteiger partial charge in [0.05, 0.1) is 19.6 Å². The fourth-order valence-corrected chi connectivity index (χ4v) is 10.8. The molecule has 4 aliphatic heterocycles. The van der Waals surface area contributed by atoms with Gasteiger partial charge in [-0.15, -0.1) is 16.7 Å². The Balaban J connectivity index is 1.13. The number of benzene rings is 3. The van der Waals surface area contributed by atoms with Gasteiger partial charge in [-0.1, -0.05) is 38.1 Å². The number of imide groups is 2. The van der Waals surface area contributed by atoms with Crippen LogP contribution in [-0.4, -0.2) is 102 Å². The van der Waals surface area contributed by atoms with Crippen LogP contribution in [0.4, 0.5) is 11.4 Å². The third-order valence-electron chi connectivity index (χ3n) is 14.9. The molecule has 1 aliphatic carbocycles. The summed E-state index contributed by atoms with van der Waals surface area (Å²) < 4.78 is 13.7. The van der Waals surface area contributed by atoms with E-state index in [-0.39, 0.29) is 51.0 Å². The number of methoxy groups -OCH3 is 2. The molecule has 17 heteroatoms. The average Bonchev–Trinajstić information content (AvgIpc) is 4.05. The molecule has 0 saturated carbocycles. The summed E-state index contributed by atoms with van der Waals surface area (Å²) >= 11 is 0. The lowest BCUT2D eigenvalue weighted by Crippen LogP contribution is -2.32. The van der Waals surface area contributed by atoms with Crippen molar-refractivity contribution < 1.29 is 62.4 Å². The standard InChI is InChI=1S/C59H67N5O12/c1-58(2)44-36-42(73-5)22-24-46(44)61(33-9-7-14-54(70)75-63-50(66)28-29-51(63)67)48(58)26-20-38-12-11-13-39(56(38)40-16-18-41(19-17-40)57(72)60-32-35-65)21-27-49-59(3,4)45-37-43(74-6)23-25-47(45)62(49)34-10-8-15-55(71)76-64-52(68)30-31-53(64)69/h16-27,36-37H,7-15,28-35H2,1-6H3,(H,60,72). The van der Waals surface area contributed by atoms with Crippen LogP contribution in [0, 0.1) is 0 Å². The molecule has 2 fully saturated rings. The highest BCUT2D eigenvalue weighted by atomic mass is 16.7. The van der Waals surface area contributed by atoms with Crippen LogP contribution >= 0.6 is 0 Å². The number of amides is 5. The number of hydrogen-bond acceptors (Lipinski definition) is 13. The molecule has 0 unspecified atom stereocenters. The number of nitrogens with zero attached hydrogens (tertiary/aromatic N) is 4. The molecule has 0 radical (unpaired) electrons. The predicted molar refractivity (Wildman–Crippen MR) is 281 cm³/mol. The lowest BCUT2D eigenvalue weighted by atomic mass is 9.79. The molecule has 0 spiro atoms. The van der Waals surface area contributed by atoms with E-state index in [1.165, 1.54) is 0 Å². The van der Waals surface area contributed by atoms with Gasteiger partial charge in [0.25, 0.3) is 29.5 Å². The molecule has 400 valence electrons. The van der Waals surface area contributed by atoms with Gasteiger partial charge in [0.15, 0.2) is 5.71 Å². The Labute approximate surface area is 443 Å². The summed E-state index contributed by atoms with van der Waals surface area (Å²) in [4.78, 5) is 99.4. The number of ether oxygens (including phenoxy) is 2. The topological polar surface area (TPSA) is 204 Å². The van der Waals surface area contributed by atoms with E-state index in [1.807, 2.05) is 24.3 Å². The Bertz CT molecular complexity index is 2950. The maximum Gasteiger partial charge on any atom is 0.333 e. The molecule has 76 heavy (non-hydrogen) atoms. The van der Waals surface area contributed by atoms with Gasteiger partial charge in [-0.3, -0.25) is 24.0 Å². The number of hydrogen-bond donors (Lipinski definition) is 1. The first kappa shape index (κ1) is 54.6. The van der Waals surface area contributed by atoms with E-state index < -0.39 is 53.0 Å². The summed E-state index contributed by atoms with van der Waals surface area (Å²) in [7, 11) is 3.29. The Morgan fingerprint density at radius 3 is 1.88 bits per heavy atom. The van der Waals surface area contributed by atoms with Crippen LogP contribution in [0.25, 0.3) is 5.57 Å².